The number of nitrogens with one attached hydrogen (secondary N) is 1. The van der Waals surface area contributed by atoms with Crippen LogP contribution in [0.2, 0.25) is 10.0 Å². The first kappa shape index (κ1) is 18.4. The monoisotopic (exact) mass is 394 g/mol. The number of fused-ring (bicyclic) bond motifs is 1. The smallest absolute Gasteiger partial charge is 0.251 e. The van der Waals surface area contributed by atoms with E-state index in [-0.39, 0.29) is 25.2 Å². The largest absolute Gasteiger partial charge is 0.454 e. The average molecular weight is 395 g/mol. The van der Waals surface area contributed by atoms with Crippen LogP contribution >= 0.6 is 23.2 Å². The number of nitrogens with zero attached hydrogens (tertiary/aromatic N) is 1. The Bertz CT molecular complexity index is 857. The van der Waals surface area contributed by atoms with E-state index < -0.39 is 0 Å². The number of amides is 2. The molecule has 0 saturated heterocycles. The fraction of sp³-hybridized carbons (Fsp3) is 0.222. The van der Waals surface area contributed by atoms with Crippen molar-refractivity contribution in [3.63, 3.8) is 0 Å². The summed E-state index contributed by atoms with van der Waals surface area (Å²) in [6.07, 6.45) is 0. The molecule has 2 amide bonds. The van der Waals surface area contributed by atoms with Gasteiger partial charge in [-0.25, -0.2) is 0 Å². The molecule has 136 valence electrons. The van der Waals surface area contributed by atoms with Gasteiger partial charge in [0.05, 0.1) is 10.0 Å². The van der Waals surface area contributed by atoms with Gasteiger partial charge in [-0.2, -0.15) is 0 Å². The number of hydrogen-bond acceptors (Lipinski definition) is 4. The number of carbonyl (C=O) groups excluding carboxylic acids is 2. The molecule has 0 spiro atoms. The van der Waals surface area contributed by atoms with Crippen molar-refractivity contribution in [2.75, 3.05) is 24.8 Å². The van der Waals surface area contributed by atoms with Gasteiger partial charge in [-0.15, -0.1) is 0 Å². The Morgan fingerprint density at radius 1 is 1.08 bits per heavy atom. The van der Waals surface area contributed by atoms with Crippen LogP contribution in [0, 0.1) is 0 Å². The lowest BCUT2D eigenvalue weighted by Gasteiger charge is -2.22. The van der Waals surface area contributed by atoms with Crippen molar-refractivity contribution in [2.45, 2.75) is 6.92 Å². The summed E-state index contributed by atoms with van der Waals surface area (Å²) in [6, 6.07) is 9.92. The van der Waals surface area contributed by atoms with Gasteiger partial charge in [-0.1, -0.05) is 23.2 Å². The predicted molar refractivity (Wildman–Crippen MR) is 99.4 cm³/mol. The Morgan fingerprint density at radius 2 is 1.85 bits per heavy atom. The molecule has 0 aromatic heterocycles. The van der Waals surface area contributed by atoms with Gasteiger partial charge in [-0.05, 0) is 36.4 Å². The maximum absolute atomic E-state index is 12.3. The fourth-order valence-corrected chi connectivity index (χ4v) is 2.83. The number of benzene rings is 2. The number of carbonyl (C=O) groups is 2. The maximum atomic E-state index is 12.3. The first-order chi connectivity index (χ1) is 12.5. The Balaban J connectivity index is 1.62. The van der Waals surface area contributed by atoms with Crippen LogP contribution in [0.15, 0.2) is 36.4 Å². The van der Waals surface area contributed by atoms with Crippen LogP contribution in [0.25, 0.3) is 0 Å². The summed E-state index contributed by atoms with van der Waals surface area (Å²) < 4.78 is 10.5. The van der Waals surface area contributed by atoms with Crippen LogP contribution in [0.3, 0.4) is 0 Å². The topological polar surface area (TPSA) is 67.9 Å². The molecule has 8 heteroatoms. The fourth-order valence-electron chi connectivity index (χ4n) is 2.54. The second-order valence-corrected chi connectivity index (χ2v) is 6.41. The lowest BCUT2D eigenvalue weighted by Crippen LogP contribution is -2.37. The number of ether oxygens (including phenoxy) is 2. The van der Waals surface area contributed by atoms with Crippen molar-refractivity contribution in [2.24, 2.45) is 0 Å². The number of halogens is 2. The minimum absolute atomic E-state index is 0.150. The Labute approximate surface area is 160 Å². The molecule has 2 aromatic carbocycles. The second-order valence-electron chi connectivity index (χ2n) is 5.59. The van der Waals surface area contributed by atoms with E-state index in [0.29, 0.717) is 39.3 Å². The summed E-state index contributed by atoms with van der Waals surface area (Å²) in [5.74, 6) is 0.726. The highest BCUT2D eigenvalue weighted by molar-refractivity contribution is 6.42. The van der Waals surface area contributed by atoms with E-state index in [0.717, 1.165) is 0 Å². The quantitative estimate of drug-likeness (QED) is 0.842. The van der Waals surface area contributed by atoms with E-state index >= 15 is 0 Å². The molecule has 1 heterocycles. The summed E-state index contributed by atoms with van der Waals surface area (Å²) in [5.41, 5.74) is 1.07. The van der Waals surface area contributed by atoms with Crippen molar-refractivity contribution >= 4 is 40.7 Å². The van der Waals surface area contributed by atoms with Gasteiger partial charge in [0.25, 0.3) is 5.91 Å². The highest BCUT2D eigenvalue weighted by Crippen LogP contribution is 2.32. The molecule has 3 rings (SSSR count). The summed E-state index contributed by atoms with van der Waals surface area (Å²) in [6.45, 7) is 2.16. The lowest BCUT2D eigenvalue weighted by molar-refractivity contribution is -0.116. The molecular weight excluding hydrogens is 379 g/mol. The van der Waals surface area contributed by atoms with Gasteiger partial charge in [-0.3, -0.25) is 9.59 Å². The third-order valence-electron chi connectivity index (χ3n) is 3.85. The molecule has 0 saturated carbocycles. The molecule has 0 aliphatic carbocycles. The van der Waals surface area contributed by atoms with Crippen LogP contribution in [0.1, 0.15) is 17.3 Å². The van der Waals surface area contributed by atoms with E-state index in [2.05, 4.69) is 5.32 Å². The Morgan fingerprint density at radius 3 is 2.58 bits per heavy atom. The Kier molecular flexibility index (Phi) is 5.54. The zero-order chi connectivity index (χ0) is 18.7. The molecule has 0 radical (unpaired) electrons. The minimum atomic E-state index is -0.263. The van der Waals surface area contributed by atoms with E-state index in [9.17, 15) is 9.59 Å². The molecular formula is C18H16Cl2N2O4. The predicted octanol–water partition coefficient (Wildman–Crippen LogP) is 3.51. The molecule has 1 aliphatic heterocycles. The van der Waals surface area contributed by atoms with Gasteiger partial charge < -0.3 is 19.7 Å². The molecule has 0 unspecified atom stereocenters. The van der Waals surface area contributed by atoms with Crippen LogP contribution in [-0.4, -0.2) is 31.7 Å². The molecule has 1 N–H and O–H groups in total. The van der Waals surface area contributed by atoms with E-state index in [1.165, 1.54) is 11.8 Å². The van der Waals surface area contributed by atoms with Gasteiger partial charge in [0.2, 0.25) is 12.7 Å². The zero-order valence-corrected chi connectivity index (χ0v) is 15.4. The minimum Gasteiger partial charge on any atom is -0.454 e. The summed E-state index contributed by atoms with van der Waals surface area (Å²) in [4.78, 5) is 25.7. The summed E-state index contributed by atoms with van der Waals surface area (Å²) in [7, 11) is 0. The van der Waals surface area contributed by atoms with Crippen LogP contribution in [-0.2, 0) is 4.79 Å². The van der Waals surface area contributed by atoms with Crippen molar-refractivity contribution < 1.29 is 19.1 Å². The van der Waals surface area contributed by atoms with Crippen molar-refractivity contribution in [3.8, 4) is 11.5 Å². The molecule has 2 aromatic rings. The van der Waals surface area contributed by atoms with E-state index in [1.807, 2.05) is 0 Å². The lowest BCUT2D eigenvalue weighted by atomic mass is 10.2. The van der Waals surface area contributed by atoms with Gasteiger partial charge in [0.15, 0.2) is 11.5 Å². The van der Waals surface area contributed by atoms with Crippen LogP contribution in [0.5, 0.6) is 11.5 Å². The van der Waals surface area contributed by atoms with Crippen LogP contribution in [0.4, 0.5) is 5.69 Å². The zero-order valence-electron chi connectivity index (χ0n) is 13.9. The summed E-state index contributed by atoms with van der Waals surface area (Å²) >= 11 is 11.9. The molecule has 0 fully saturated rings. The third-order valence-corrected chi connectivity index (χ3v) is 4.59. The number of rotatable bonds is 5. The maximum Gasteiger partial charge on any atom is 0.251 e. The first-order valence-electron chi connectivity index (χ1n) is 7.86. The Hall–Kier alpha value is -2.44. The molecule has 1 aliphatic rings. The van der Waals surface area contributed by atoms with Crippen molar-refractivity contribution in [3.05, 3.63) is 52.0 Å². The van der Waals surface area contributed by atoms with Gasteiger partial charge in [0.1, 0.15) is 0 Å². The molecule has 0 bridgehead atoms. The molecule has 0 atom stereocenters. The number of anilines is 1. The second kappa shape index (κ2) is 7.85. The number of hydrogen-bond donors (Lipinski definition) is 1. The SMILES string of the molecule is CC(=O)N(CCNC(=O)c1ccc2c(c1)OCO2)c1ccc(Cl)c(Cl)c1. The van der Waals surface area contributed by atoms with Gasteiger partial charge >= 0.3 is 0 Å². The molecule has 26 heavy (non-hydrogen) atoms. The average Bonchev–Trinajstić information content (AvgIpc) is 3.08. The van der Waals surface area contributed by atoms with Crippen LogP contribution < -0.4 is 19.7 Å². The summed E-state index contributed by atoms with van der Waals surface area (Å²) in [5, 5.41) is 3.56. The van der Waals surface area contributed by atoms with Crippen molar-refractivity contribution in [1.29, 1.82) is 0 Å². The first-order valence-corrected chi connectivity index (χ1v) is 8.62. The highest BCUT2D eigenvalue weighted by atomic mass is 35.5. The van der Waals surface area contributed by atoms with Crippen molar-refractivity contribution in [1.82, 2.24) is 5.32 Å². The van der Waals surface area contributed by atoms with Gasteiger partial charge in [0, 0.05) is 31.3 Å². The molecule has 6 nitrogen and oxygen atoms in total. The third kappa shape index (κ3) is 4.03. The normalized spacial score (nSPS) is 12.0. The van der Waals surface area contributed by atoms with E-state index in [1.54, 1.807) is 36.4 Å². The standard InChI is InChI=1S/C18H16Cl2N2O4/c1-11(23)22(13-3-4-14(19)15(20)9-13)7-6-21-18(24)12-2-5-16-17(8-12)26-10-25-16/h2-5,8-9H,6-7,10H2,1H3,(H,21,24). The highest BCUT2D eigenvalue weighted by Gasteiger charge is 2.17. The van der Waals surface area contributed by atoms with E-state index in [4.69, 9.17) is 32.7 Å².